The molecule has 2 fully saturated rings. The van der Waals surface area contributed by atoms with Gasteiger partial charge in [0.15, 0.2) is 0 Å². The number of rotatable bonds is 3. The summed E-state index contributed by atoms with van der Waals surface area (Å²) in [6, 6.07) is 0. The second kappa shape index (κ2) is 5.65. The normalized spacial score (nSPS) is 23.0. The molecular formula is C14H23NO2. The number of hydrogen-bond acceptors (Lipinski definition) is 2. The average Bonchev–Trinajstić information content (AvgIpc) is 2.82. The first kappa shape index (κ1) is 12.6. The van der Waals surface area contributed by atoms with Crippen molar-refractivity contribution in [2.45, 2.75) is 51.4 Å². The lowest BCUT2D eigenvalue weighted by Gasteiger charge is -2.27. The van der Waals surface area contributed by atoms with Crippen molar-refractivity contribution >= 4 is 11.7 Å². The van der Waals surface area contributed by atoms with E-state index in [4.69, 9.17) is 0 Å². The van der Waals surface area contributed by atoms with Crippen molar-refractivity contribution in [2.75, 3.05) is 13.6 Å². The molecule has 0 aromatic rings. The Hall–Kier alpha value is -0.860. The highest BCUT2D eigenvalue weighted by atomic mass is 16.2. The molecule has 0 aromatic carbocycles. The van der Waals surface area contributed by atoms with Crippen LogP contribution in [0.2, 0.25) is 0 Å². The van der Waals surface area contributed by atoms with Gasteiger partial charge in [0, 0.05) is 32.4 Å². The summed E-state index contributed by atoms with van der Waals surface area (Å²) in [6.45, 7) is 0.920. The van der Waals surface area contributed by atoms with E-state index in [2.05, 4.69) is 0 Å². The summed E-state index contributed by atoms with van der Waals surface area (Å²) in [4.78, 5) is 25.3. The average molecular weight is 237 g/mol. The van der Waals surface area contributed by atoms with Gasteiger partial charge in [-0.2, -0.15) is 0 Å². The quantitative estimate of drug-likeness (QED) is 0.756. The van der Waals surface area contributed by atoms with Crippen molar-refractivity contribution in [1.82, 2.24) is 4.90 Å². The number of ketones is 1. The van der Waals surface area contributed by atoms with Gasteiger partial charge in [-0.15, -0.1) is 0 Å². The molecule has 0 saturated heterocycles. The largest absolute Gasteiger partial charge is 0.345 e. The van der Waals surface area contributed by atoms with Gasteiger partial charge in [0.05, 0.1) is 0 Å². The van der Waals surface area contributed by atoms with Crippen molar-refractivity contribution in [1.29, 1.82) is 0 Å². The van der Waals surface area contributed by atoms with Gasteiger partial charge in [-0.25, -0.2) is 0 Å². The van der Waals surface area contributed by atoms with Crippen LogP contribution in [0.15, 0.2) is 0 Å². The van der Waals surface area contributed by atoms with Crippen LogP contribution in [0.3, 0.4) is 0 Å². The zero-order chi connectivity index (χ0) is 12.3. The van der Waals surface area contributed by atoms with Gasteiger partial charge < -0.3 is 4.90 Å². The molecule has 0 aromatic heterocycles. The molecule has 0 radical (unpaired) electrons. The van der Waals surface area contributed by atoms with Gasteiger partial charge in [0.1, 0.15) is 5.78 Å². The van der Waals surface area contributed by atoms with Crippen molar-refractivity contribution in [3.63, 3.8) is 0 Å². The van der Waals surface area contributed by atoms with Gasteiger partial charge in [-0.1, -0.05) is 12.8 Å². The summed E-state index contributed by atoms with van der Waals surface area (Å²) in [5.41, 5.74) is 0. The molecule has 0 atom stereocenters. The summed E-state index contributed by atoms with van der Waals surface area (Å²) in [5, 5.41) is 0. The number of amides is 1. The molecular weight excluding hydrogens is 214 g/mol. The van der Waals surface area contributed by atoms with E-state index in [9.17, 15) is 9.59 Å². The Morgan fingerprint density at radius 1 is 1.18 bits per heavy atom. The zero-order valence-electron chi connectivity index (χ0n) is 10.8. The first-order valence-corrected chi connectivity index (χ1v) is 6.93. The summed E-state index contributed by atoms with van der Waals surface area (Å²) >= 11 is 0. The molecule has 0 bridgehead atoms. The Morgan fingerprint density at radius 2 is 1.76 bits per heavy atom. The molecule has 0 heterocycles. The van der Waals surface area contributed by atoms with E-state index in [0.29, 0.717) is 24.5 Å². The van der Waals surface area contributed by atoms with Crippen LogP contribution in [0.1, 0.15) is 51.4 Å². The molecule has 0 unspecified atom stereocenters. The topological polar surface area (TPSA) is 37.4 Å². The van der Waals surface area contributed by atoms with E-state index in [-0.39, 0.29) is 11.8 Å². The third-order valence-electron chi connectivity index (χ3n) is 4.28. The Bertz CT molecular complexity index is 285. The van der Waals surface area contributed by atoms with Crippen LogP contribution in [0, 0.1) is 11.8 Å². The molecule has 96 valence electrons. The fourth-order valence-electron chi connectivity index (χ4n) is 3.17. The van der Waals surface area contributed by atoms with Gasteiger partial charge in [-0.05, 0) is 31.6 Å². The van der Waals surface area contributed by atoms with E-state index >= 15 is 0 Å². The third-order valence-corrected chi connectivity index (χ3v) is 4.28. The van der Waals surface area contributed by atoms with E-state index in [1.54, 1.807) is 0 Å². The second-order valence-electron chi connectivity index (χ2n) is 5.68. The first-order chi connectivity index (χ1) is 8.16. The minimum absolute atomic E-state index is 0.110. The first-order valence-electron chi connectivity index (χ1n) is 6.93. The molecule has 2 rings (SSSR count). The molecule has 0 N–H and O–H groups in total. The van der Waals surface area contributed by atoms with Crippen LogP contribution >= 0.6 is 0 Å². The standard InChI is InChI=1S/C14H23NO2/c1-15(10-11-4-2-3-5-11)14(17)12-6-8-13(16)9-7-12/h11-12H,2-10H2,1H3. The van der Waals surface area contributed by atoms with Crippen LogP contribution in [0.5, 0.6) is 0 Å². The predicted molar refractivity (Wildman–Crippen MR) is 66.6 cm³/mol. The SMILES string of the molecule is CN(CC1CCCC1)C(=O)C1CCC(=O)CC1. The zero-order valence-corrected chi connectivity index (χ0v) is 10.8. The lowest BCUT2D eigenvalue weighted by Crippen LogP contribution is -2.37. The highest BCUT2D eigenvalue weighted by Gasteiger charge is 2.28. The number of nitrogens with zero attached hydrogens (tertiary/aromatic N) is 1. The maximum Gasteiger partial charge on any atom is 0.225 e. The highest BCUT2D eigenvalue weighted by Crippen LogP contribution is 2.27. The molecule has 0 spiro atoms. The molecule has 1 amide bonds. The van der Waals surface area contributed by atoms with E-state index in [1.807, 2.05) is 11.9 Å². The summed E-state index contributed by atoms with van der Waals surface area (Å²) in [6.07, 6.45) is 7.96. The van der Waals surface area contributed by atoms with Gasteiger partial charge in [-0.3, -0.25) is 9.59 Å². The van der Waals surface area contributed by atoms with E-state index in [0.717, 1.165) is 19.4 Å². The minimum atomic E-state index is 0.110. The third kappa shape index (κ3) is 3.30. The number of hydrogen-bond donors (Lipinski definition) is 0. The number of carbonyl (C=O) groups excluding carboxylic acids is 2. The lowest BCUT2D eigenvalue weighted by molar-refractivity contribution is -0.136. The molecule has 2 aliphatic rings. The molecule has 0 aliphatic heterocycles. The van der Waals surface area contributed by atoms with Crippen LogP contribution in [-0.4, -0.2) is 30.2 Å². The lowest BCUT2D eigenvalue weighted by atomic mass is 9.87. The van der Waals surface area contributed by atoms with Crippen LogP contribution < -0.4 is 0 Å². The van der Waals surface area contributed by atoms with Crippen molar-refractivity contribution in [3.8, 4) is 0 Å². The molecule has 2 aliphatic carbocycles. The Kier molecular flexibility index (Phi) is 4.19. The van der Waals surface area contributed by atoms with Crippen LogP contribution in [-0.2, 0) is 9.59 Å². The molecule has 3 nitrogen and oxygen atoms in total. The van der Waals surface area contributed by atoms with Gasteiger partial charge in [0.25, 0.3) is 0 Å². The summed E-state index contributed by atoms with van der Waals surface area (Å²) < 4.78 is 0. The van der Waals surface area contributed by atoms with E-state index < -0.39 is 0 Å². The van der Waals surface area contributed by atoms with Crippen LogP contribution in [0.25, 0.3) is 0 Å². The summed E-state index contributed by atoms with van der Waals surface area (Å²) in [5.74, 6) is 1.42. The second-order valence-corrected chi connectivity index (χ2v) is 5.68. The van der Waals surface area contributed by atoms with Gasteiger partial charge >= 0.3 is 0 Å². The maximum atomic E-state index is 12.2. The Morgan fingerprint density at radius 3 is 2.35 bits per heavy atom. The Balaban J connectivity index is 1.79. The monoisotopic (exact) mass is 237 g/mol. The predicted octanol–water partition coefficient (Wildman–Crippen LogP) is 2.39. The molecule has 2 saturated carbocycles. The number of carbonyl (C=O) groups is 2. The summed E-state index contributed by atoms with van der Waals surface area (Å²) in [7, 11) is 1.93. The maximum absolute atomic E-state index is 12.2. The van der Waals surface area contributed by atoms with Crippen LogP contribution in [0.4, 0.5) is 0 Å². The highest BCUT2D eigenvalue weighted by molar-refractivity contribution is 5.84. The fourth-order valence-corrected chi connectivity index (χ4v) is 3.17. The van der Waals surface area contributed by atoms with Crippen molar-refractivity contribution in [3.05, 3.63) is 0 Å². The Labute approximate surface area is 104 Å². The number of Topliss-reactive ketones (excluding diaryl/α,β-unsaturated/α-hetero) is 1. The van der Waals surface area contributed by atoms with Crippen molar-refractivity contribution in [2.24, 2.45) is 11.8 Å². The fraction of sp³-hybridized carbons (Fsp3) is 0.857. The van der Waals surface area contributed by atoms with Gasteiger partial charge in [0.2, 0.25) is 5.91 Å². The molecule has 3 heteroatoms. The molecule has 17 heavy (non-hydrogen) atoms. The van der Waals surface area contributed by atoms with Crippen molar-refractivity contribution < 1.29 is 9.59 Å². The smallest absolute Gasteiger partial charge is 0.225 e. The minimum Gasteiger partial charge on any atom is -0.345 e. The van der Waals surface area contributed by atoms with E-state index in [1.165, 1.54) is 25.7 Å².